The average molecular weight is 486 g/mol. The lowest BCUT2D eigenvalue weighted by atomic mass is 10.1. The van der Waals surface area contributed by atoms with Crippen molar-refractivity contribution in [1.82, 2.24) is 14.7 Å². The van der Waals surface area contributed by atoms with Gasteiger partial charge < -0.3 is 19.3 Å². The lowest BCUT2D eigenvalue weighted by Gasteiger charge is -2.25. The van der Waals surface area contributed by atoms with Crippen molar-refractivity contribution in [2.45, 2.75) is 12.6 Å². The van der Waals surface area contributed by atoms with Crippen molar-refractivity contribution in [3.05, 3.63) is 77.8 Å². The maximum Gasteiger partial charge on any atom is 0.222 e. The van der Waals surface area contributed by atoms with Crippen molar-refractivity contribution in [2.24, 2.45) is 7.05 Å². The fourth-order valence-corrected chi connectivity index (χ4v) is 3.77. The molecule has 0 aliphatic heterocycles. The van der Waals surface area contributed by atoms with Crippen molar-refractivity contribution in [1.29, 1.82) is 0 Å². The van der Waals surface area contributed by atoms with Gasteiger partial charge in [-0.3, -0.25) is 4.90 Å². The Morgan fingerprint density at radius 1 is 1.18 bits per heavy atom. The van der Waals surface area contributed by atoms with E-state index in [1.165, 1.54) is 0 Å². The largest absolute Gasteiger partial charge is 0.437 e. The van der Waals surface area contributed by atoms with Gasteiger partial charge in [0, 0.05) is 39.4 Å². The Labute approximate surface area is 206 Å². The van der Waals surface area contributed by atoms with E-state index in [0.29, 0.717) is 49.5 Å². The van der Waals surface area contributed by atoms with Crippen LogP contribution in [0.3, 0.4) is 0 Å². The number of ether oxygens (including phenoxy) is 3. The van der Waals surface area contributed by atoms with Crippen LogP contribution in [0, 0.1) is 0 Å². The Bertz CT molecular complexity index is 1040. The number of methoxy groups -OCH3 is 1. The molecule has 0 unspecified atom stereocenters. The number of aryl methyl sites for hydroxylation is 1. The molecule has 0 radical (unpaired) electrons. The van der Waals surface area contributed by atoms with E-state index in [4.69, 9.17) is 30.9 Å². The number of nitrogens with zero attached hydrogens (tertiary/aromatic N) is 3. The predicted octanol–water partition coefficient (Wildman–Crippen LogP) is 4.54. The van der Waals surface area contributed by atoms with Gasteiger partial charge in [0.15, 0.2) is 0 Å². The van der Waals surface area contributed by atoms with Gasteiger partial charge in [0.2, 0.25) is 5.88 Å². The lowest BCUT2D eigenvalue weighted by Crippen LogP contribution is -2.36. The molecule has 0 aliphatic rings. The van der Waals surface area contributed by atoms with Crippen LogP contribution in [0.15, 0.2) is 67.3 Å². The highest BCUT2D eigenvalue weighted by atomic mass is 35.5. The van der Waals surface area contributed by atoms with Crippen LogP contribution in [0.4, 0.5) is 0 Å². The minimum atomic E-state index is -0.665. The summed E-state index contributed by atoms with van der Waals surface area (Å²) in [6.07, 6.45) is 0.997. The van der Waals surface area contributed by atoms with E-state index in [1.54, 1.807) is 23.9 Å². The molecular weight excluding hydrogens is 454 g/mol. The molecule has 0 saturated carbocycles. The summed E-state index contributed by atoms with van der Waals surface area (Å²) in [6.45, 7) is 6.27. The highest BCUT2D eigenvalue weighted by molar-refractivity contribution is 6.32. The van der Waals surface area contributed by atoms with E-state index in [-0.39, 0.29) is 6.61 Å². The summed E-state index contributed by atoms with van der Waals surface area (Å²) < 4.78 is 18.7. The molecule has 0 fully saturated rings. The van der Waals surface area contributed by atoms with Gasteiger partial charge in [-0.05, 0) is 12.1 Å². The molecular formula is C26H32ClN3O4. The number of aliphatic hydroxyl groups is 1. The maximum atomic E-state index is 10.5. The Balaban J connectivity index is 1.94. The van der Waals surface area contributed by atoms with Crippen LogP contribution in [0.5, 0.6) is 11.6 Å². The first-order valence-electron chi connectivity index (χ1n) is 11.1. The highest BCUT2D eigenvalue weighted by Gasteiger charge is 2.24. The molecule has 1 heterocycles. The van der Waals surface area contributed by atoms with Crippen molar-refractivity contribution in [2.75, 3.05) is 40.0 Å². The minimum absolute atomic E-state index is 0.219. The Morgan fingerprint density at radius 2 is 1.91 bits per heavy atom. The lowest BCUT2D eigenvalue weighted by molar-refractivity contribution is 0.0193. The summed E-state index contributed by atoms with van der Waals surface area (Å²) in [5.41, 5.74) is 2.68. The first kappa shape index (κ1) is 25.9. The van der Waals surface area contributed by atoms with Crippen LogP contribution in [-0.4, -0.2) is 65.9 Å². The molecule has 0 saturated heterocycles. The molecule has 182 valence electrons. The van der Waals surface area contributed by atoms with Crippen LogP contribution in [0.25, 0.3) is 11.3 Å². The van der Waals surface area contributed by atoms with Gasteiger partial charge in [-0.25, -0.2) is 4.68 Å². The first-order valence-corrected chi connectivity index (χ1v) is 11.5. The molecule has 1 atom stereocenters. The van der Waals surface area contributed by atoms with E-state index in [1.807, 2.05) is 55.6 Å². The molecule has 7 nitrogen and oxygen atoms in total. The predicted molar refractivity (Wildman–Crippen MR) is 134 cm³/mol. The molecule has 0 bridgehead atoms. The minimum Gasteiger partial charge on any atom is -0.437 e. The van der Waals surface area contributed by atoms with Crippen molar-refractivity contribution in [3.8, 4) is 22.9 Å². The van der Waals surface area contributed by atoms with E-state index < -0.39 is 6.10 Å². The maximum absolute atomic E-state index is 10.5. The second-order valence-electron chi connectivity index (χ2n) is 7.86. The molecule has 3 aromatic rings. The highest BCUT2D eigenvalue weighted by Crippen LogP contribution is 2.36. The zero-order valence-electron chi connectivity index (χ0n) is 19.7. The molecule has 1 N–H and O–H groups in total. The number of para-hydroxylation sites is 1. The van der Waals surface area contributed by atoms with Crippen LogP contribution < -0.4 is 4.74 Å². The van der Waals surface area contributed by atoms with Crippen molar-refractivity contribution in [3.63, 3.8) is 0 Å². The van der Waals surface area contributed by atoms with Crippen LogP contribution in [0.1, 0.15) is 5.56 Å². The third-order valence-electron chi connectivity index (χ3n) is 5.19. The van der Waals surface area contributed by atoms with Gasteiger partial charge in [-0.2, -0.15) is 5.10 Å². The van der Waals surface area contributed by atoms with Crippen molar-refractivity contribution < 1.29 is 19.3 Å². The number of aromatic nitrogens is 2. The number of hydrogen-bond donors (Lipinski definition) is 1. The Morgan fingerprint density at radius 3 is 2.62 bits per heavy atom. The third kappa shape index (κ3) is 7.16. The summed E-state index contributed by atoms with van der Waals surface area (Å²) in [5, 5.41) is 15.8. The number of aliphatic hydroxyl groups excluding tert-OH is 1. The SMILES string of the molecule is C=CCOC[C@@H](O)CN(CCOC)Cc1c(-c2ccccc2)nn(C)c1Oc1ccccc1Cl. The summed E-state index contributed by atoms with van der Waals surface area (Å²) in [6, 6.07) is 17.3. The molecule has 1 aromatic heterocycles. The van der Waals surface area contributed by atoms with Gasteiger partial charge in [0.25, 0.3) is 0 Å². The summed E-state index contributed by atoms with van der Waals surface area (Å²) in [4.78, 5) is 2.11. The average Bonchev–Trinajstić information content (AvgIpc) is 3.14. The second-order valence-corrected chi connectivity index (χ2v) is 8.27. The van der Waals surface area contributed by atoms with Crippen LogP contribution >= 0.6 is 11.6 Å². The fourth-order valence-electron chi connectivity index (χ4n) is 3.60. The monoisotopic (exact) mass is 485 g/mol. The van der Waals surface area contributed by atoms with Gasteiger partial charge in [-0.15, -0.1) is 6.58 Å². The zero-order chi connectivity index (χ0) is 24.3. The van der Waals surface area contributed by atoms with Gasteiger partial charge >= 0.3 is 0 Å². The van der Waals surface area contributed by atoms with E-state index in [9.17, 15) is 5.11 Å². The summed E-state index contributed by atoms with van der Waals surface area (Å²) >= 11 is 6.37. The number of hydrogen-bond acceptors (Lipinski definition) is 6. The smallest absolute Gasteiger partial charge is 0.222 e. The molecule has 2 aromatic carbocycles. The zero-order valence-corrected chi connectivity index (χ0v) is 20.4. The quantitative estimate of drug-likeness (QED) is 0.267. The van der Waals surface area contributed by atoms with Gasteiger partial charge in [0.05, 0.1) is 36.5 Å². The molecule has 34 heavy (non-hydrogen) atoms. The summed E-state index contributed by atoms with van der Waals surface area (Å²) in [5.74, 6) is 1.14. The molecule has 3 rings (SSSR count). The van der Waals surface area contributed by atoms with Crippen molar-refractivity contribution >= 4 is 11.6 Å². The van der Waals surface area contributed by atoms with E-state index in [2.05, 4.69) is 11.5 Å². The third-order valence-corrected chi connectivity index (χ3v) is 5.50. The second kappa shape index (κ2) is 13.3. The fraction of sp³-hybridized carbons (Fsp3) is 0.346. The number of halogens is 1. The van der Waals surface area contributed by atoms with Crippen LogP contribution in [-0.2, 0) is 23.1 Å². The summed E-state index contributed by atoms with van der Waals surface area (Å²) in [7, 11) is 3.51. The Hall–Kier alpha value is -2.68. The number of benzene rings is 2. The topological polar surface area (TPSA) is 69.0 Å². The standard InChI is InChI=1S/C26H32ClN3O4/c1-4-15-33-19-21(31)17-30(14-16-32-3)18-22-25(20-10-6-5-7-11-20)28-29(2)26(22)34-24-13-9-8-12-23(24)27/h4-13,21,31H,1,14-19H2,2-3H3/t21-/m0/s1. The van der Waals surface area contributed by atoms with Crippen LogP contribution in [0.2, 0.25) is 5.02 Å². The normalized spacial score (nSPS) is 12.1. The first-order chi connectivity index (χ1) is 16.5. The van der Waals surface area contributed by atoms with E-state index in [0.717, 1.165) is 16.8 Å². The van der Waals surface area contributed by atoms with E-state index >= 15 is 0 Å². The van der Waals surface area contributed by atoms with Gasteiger partial charge in [-0.1, -0.05) is 60.1 Å². The molecule has 8 heteroatoms. The molecule has 0 aliphatic carbocycles. The molecule has 0 spiro atoms. The molecule has 0 amide bonds. The van der Waals surface area contributed by atoms with Gasteiger partial charge in [0.1, 0.15) is 11.4 Å². The number of rotatable bonds is 14. The Kier molecular flexibility index (Phi) is 10.1.